The maximum absolute atomic E-state index is 12.7. The fourth-order valence-corrected chi connectivity index (χ4v) is 4.95. The molecule has 12 heteroatoms. The van der Waals surface area contributed by atoms with Gasteiger partial charge in [0.05, 0.1) is 13.0 Å². The molecule has 4 N–H and O–H groups in total. The average molecular weight is 528 g/mol. The van der Waals surface area contributed by atoms with Crippen molar-refractivity contribution in [3.8, 4) is 6.01 Å². The van der Waals surface area contributed by atoms with Gasteiger partial charge in [-0.05, 0) is 50.5 Å². The summed E-state index contributed by atoms with van der Waals surface area (Å²) in [6.07, 6.45) is 2.85. The molecule has 2 aromatic heterocycles. The number of aromatic amines is 1. The molecule has 1 saturated heterocycles. The summed E-state index contributed by atoms with van der Waals surface area (Å²) < 4.78 is 12.1. The highest BCUT2D eigenvalue weighted by atomic mass is 16.5. The monoisotopic (exact) mass is 527 g/mol. The van der Waals surface area contributed by atoms with Crippen molar-refractivity contribution in [2.45, 2.75) is 44.8 Å². The van der Waals surface area contributed by atoms with Crippen LogP contribution < -0.4 is 16.2 Å². The fourth-order valence-electron chi connectivity index (χ4n) is 4.95. The number of piperidine rings is 1. The molecular formula is C26H37N7O5. The number of nitrogens with zero attached hydrogens (tertiary/aromatic N) is 5. The van der Waals surface area contributed by atoms with Gasteiger partial charge >= 0.3 is 17.7 Å². The molecule has 0 bridgehead atoms. The molecule has 1 aliphatic rings. The van der Waals surface area contributed by atoms with Crippen LogP contribution in [0.25, 0.3) is 11.2 Å². The number of H-pyrrole nitrogens is 1. The van der Waals surface area contributed by atoms with Gasteiger partial charge in [-0.25, -0.2) is 4.79 Å². The van der Waals surface area contributed by atoms with Crippen LogP contribution in [-0.2, 0) is 29.0 Å². The van der Waals surface area contributed by atoms with Crippen LogP contribution in [0.2, 0.25) is 0 Å². The minimum atomic E-state index is -0.838. The second kappa shape index (κ2) is 12.9. The van der Waals surface area contributed by atoms with Crippen molar-refractivity contribution in [3.63, 3.8) is 0 Å². The van der Waals surface area contributed by atoms with Gasteiger partial charge in [0.15, 0.2) is 11.5 Å². The number of fused-ring (bicyclic) bond motifs is 1. The van der Waals surface area contributed by atoms with Gasteiger partial charge < -0.3 is 30.2 Å². The predicted octanol–water partition coefficient (Wildman–Crippen LogP) is 1.34. The van der Waals surface area contributed by atoms with Crippen LogP contribution in [0.1, 0.15) is 30.4 Å². The van der Waals surface area contributed by atoms with E-state index in [1.807, 2.05) is 24.3 Å². The summed E-state index contributed by atoms with van der Waals surface area (Å²) in [6, 6.07) is 8.30. The van der Waals surface area contributed by atoms with Crippen molar-refractivity contribution in [1.82, 2.24) is 29.3 Å². The molecule has 0 amide bonds. The average Bonchev–Trinajstić information content (AvgIpc) is 3.19. The largest absolute Gasteiger partial charge is 0.481 e. The number of benzene rings is 1. The summed E-state index contributed by atoms with van der Waals surface area (Å²) in [4.78, 5) is 40.0. The SMILES string of the molecule is COCCOc1nc(N)c2[nH]c(=O)n(CCCN(Cc3cccc(CC(=O)O)c3)C3CCN(C)CC3)c2n1. The van der Waals surface area contributed by atoms with Crippen LogP contribution in [-0.4, -0.2) is 93.4 Å². The number of anilines is 1. The fraction of sp³-hybridized carbons (Fsp3) is 0.538. The predicted molar refractivity (Wildman–Crippen MR) is 143 cm³/mol. The third-order valence-electron chi connectivity index (χ3n) is 6.91. The quantitative estimate of drug-likeness (QED) is 0.278. The van der Waals surface area contributed by atoms with Gasteiger partial charge in [-0.1, -0.05) is 24.3 Å². The maximum Gasteiger partial charge on any atom is 0.327 e. The lowest BCUT2D eigenvalue weighted by atomic mass is 10.0. The van der Waals surface area contributed by atoms with E-state index in [0.29, 0.717) is 30.4 Å². The Kier molecular flexibility index (Phi) is 9.32. The van der Waals surface area contributed by atoms with Crippen molar-refractivity contribution < 1.29 is 19.4 Å². The number of likely N-dealkylation sites (tertiary alicyclic amines) is 1. The molecule has 12 nitrogen and oxygen atoms in total. The van der Waals surface area contributed by atoms with E-state index < -0.39 is 5.97 Å². The Morgan fingerprint density at radius 1 is 1.24 bits per heavy atom. The molecule has 0 aliphatic carbocycles. The number of rotatable bonds is 13. The number of hydrogen-bond acceptors (Lipinski definition) is 9. The number of aryl methyl sites for hydroxylation is 1. The lowest BCUT2D eigenvalue weighted by Gasteiger charge is -2.37. The van der Waals surface area contributed by atoms with Crippen LogP contribution in [0.4, 0.5) is 5.82 Å². The van der Waals surface area contributed by atoms with Gasteiger partial charge in [0.25, 0.3) is 0 Å². The van der Waals surface area contributed by atoms with E-state index in [0.717, 1.165) is 56.6 Å². The van der Waals surface area contributed by atoms with Crippen LogP contribution in [0.15, 0.2) is 29.1 Å². The number of imidazole rings is 1. The highest BCUT2D eigenvalue weighted by Crippen LogP contribution is 2.21. The number of methoxy groups -OCH3 is 1. The van der Waals surface area contributed by atoms with Crippen molar-refractivity contribution in [3.05, 3.63) is 45.9 Å². The van der Waals surface area contributed by atoms with Crippen LogP contribution >= 0.6 is 0 Å². The zero-order valence-electron chi connectivity index (χ0n) is 22.1. The number of nitrogen functional groups attached to an aromatic ring is 1. The van der Waals surface area contributed by atoms with E-state index in [2.05, 4.69) is 31.8 Å². The van der Waals surface area contributed by atoms with Gasteiger partial charge in [-0.3, -0.25) is 14.3 Å². The Labute approximate surface area is 221 Å². The van der Waals surface area contributed by atoms with Crippen molar-refractivity contribution >= 4 is 23.0 Å². The van der Waals surface area contributed by atoms with Gasteiger partial charge in [-0.15, -0.1) is 0 Å². The lowest BCUT2D eigenvalue weighted by Crippen LogP contribution is -2.44. The standard InChI is InChI=1S/C26H37N7O5/c1-31-11-7-20(8-12-31)32(17-19-6-3-5-18(15-19)16-21(34)35)9-4-10-33-24-22(28-26(33)36)23(27)29-25(30-24)38-14-13-37-2/h3,5-6,15,20H,4,7-14,16-17H2,1-2H3,(H,28,36)(H,34,35)(H2,27,29,30). The molecule has 0 radical (unpaired) electrons. The third kappa shape index (κ3) is 7.09. The number of hydrogen-bond donors (Lipinski definition) is 3. The number of nitrogens with two attached hydrogens (primary N) is 1. The number of nitrogens with one attached hydrogen (secondary N) is 1. The summed E-state index contributed by atoms with van der Waals surface area (Å²) in [7, 11) is 3.72. The maximum atomic E-state index is 12.7. The summed E-state index contributed by atoms with van der Waals surface area (Å²) in [5.74, 6) is -0.678. The molecule has 0 saturated carbocycles. The molecule has 4 rings (SSSR count). The highest BCUT2D eigenvalue weighted by Gasteiger charge is 2.24. The first-order valence-electron chi connectivity index (χ1n) is 12.9. The second-order valence-electron chi connectivity index (χ2n) is 9.76. The van der Waals surface area contributed by atoms with E-state index in [-0.39, 0.29) is 30.5 Å². The molecule has 0 atom stereocenters. The molecule has 1 aromatic carbocycles. The topological polar surface area (TPSA) is 152 Å². The Bertz CT molecular complexity index is 1280. The summed E-state index contributed by atoms with van der Waals surface area (Å²) >= 11 is 0. The van der Waals surface area contributed by atoms with Gasteiger partial charge in [0, 0.05) is 32.8 Å². The van der Waals surface area contributed by atoms with Crippen molar-refractivity contribution in [1.29, 1.82) is 0 Å². The molecular weight excluding hydrogens is 490 g/mol. The highest BCUT2D eigenvalue weighted by molar-refractivity contribution is 5.81. The van der Waals surface area contributed by atoms with Crippen molar-refractivity contribution in [2.24, 2.45) is 0 Å². The van der Waals surface area contributed by atoms with E-state index in [1.165, 1.54) is 0 Å². The Hall–Kier alpha value is -3.48. The molecule has 206 valence electrons. The van der Waals surface area contributed by atoms with E-state index >= 15 is 0 Å². The lowest BCUT2D eigenvalue weighted by molar-refractivity contribution is -0.136. The molecule has 1 aliphatic heterocycles. The number of carbonyl (C=O) groups is 1. The number of carboxylic acids is 1. The smallest absolute Gasteiger partial charge is 0.327 e. The summed E-state index contributed by atoms with van der Waals surface area (Å²) in [5, 5.41) is 9.19. The zero-order valence-corrected chi connectivity index (χ0v) is 22.1. The summed E-state index contributed by atoms with van der Waals surface area (Å²) in [5.41, 5.74) is 8.48. The Morgan fingerprint density at radius 3 is 2.74 bits per heavy atom. The molecule has 38 heavy (non-hydrogen) atoms. The van der Waals surface area contributed by atoms with E-state index in [1.54, 1.807) is 11.7 Å². The molecule has 0 unspecified atom stereocenters. The summed E-state index contributed by atoms with van der Waals surface area (Å²) in [6.45, 7) is 4.66. The molecule has 1 fully saturated rings. The number of aliphatic carboxylic acids is 1. The first kappa shape index (κ1) is 27.6. The molecule has 3 aromatic rings. The van der Waals surface area contributed by atoms with E-state index in [9.17, 15) is 14.7 Å². The van der Waals surface area contributed by atoms with Crippen LogP contribution in [0.5, 0.6) is 6.01 Å². The van der Waals surface area contributed by atoms with Crippen LogP contribution in [0.3, 0.4) is 0 Å². The van der Waals surface area contributed by atoms with Gasteiger partial charge in [0.1, 0.15) is 12.1 Å². The minimum Gasteiger partial charge on any atom is -0.481 e. The van der Waals surface area contributed by atoms with Crippen molar-refractivity contribution in [2.75, 3.05) is 52.7 Å². The number of carboxylic acid groups (broad SMARTS) is 1. The van der Waals surface area contributed by atoms with Gasteiger partial charge in [-0.2, -0.15) is 9.97 Å². The second-order valence-corrected chi connectivity index (χ2v) is 9.76. The van der Waals surface area contributed by atoms with Crippen LogP contribution in [0, 0.1) is 0 Å². The first-order chi connectivity index (χ1) is 18.3. The molecule has 3 heterocycles. The minimum absolute atomic E-state index is 0.00764. The Balaban J connectivity index is 1.49. The normalized spacial score (nSPS) is 14.9. The Morgan fingerprint density at radius 2 is 2.00 bits per heavy atom. The van der Waals surface area contributed by atoms with Gasteiger partial charge in [0.2, 0.25) is 0 Å². The first-order valence-corrected chi connectivity index (χ1v) is 12.9. The van der Waals surface area contributed by atoms with E-state index in [4.69, 9.17) is 15.2 Å². The number of ether oxygens (including phenoxy) is 2. The zero-order chi connectivity index (χ0) is 27.1. The molecule has 0 spiro atoms. The number of aromatic nitrogens is 4. The third-order valence-corrected chi connectivity index (χ3v) is 6.91.